The molecule has 2 N–H and O–H groups in total. The molecule has 0 aliphatic rings. The van der Waals surface area contributed by atoms with E-state index in [1.54, 1.807) is 0 Å². The average Bonchev–Trinajstić information content (AvgIpc) is 2.47. The summed E-state index contributed by atoms with van der Waals surface area (Å²) in [7, 11) is 0. The molecule has 0 saturated heterocycles. The van der Waals surface area contributed by atoms with Crippen LogP contribution in [0.4, 0.5) is 0 Å². The van der Waals surface area contributed by atoms with Gasteiger partial charge in [-0.25, -0.2) is 0 Å². The highest BCUT2D eigenvalue weighted by molar-refractivity contribution is 5.90. The van der Waals surface area contributed by atoms with E-state index >= 15 is 0 Å². The largest absolute Gasteiger partial charge is 0.387 e. The first-order valence-corrected chi connectivity index (χ1v) is 6.72. The molecule has 2 heteroatoms. The normalized spacial score (nSPS) is 11.8. The minimum atomic E-state index is 0.0500. The predicted molar refractivity (Wildman–Crippen MR) is 81.5 cm³/mol. The maximum absolute atomic E-state index is 6.22. The van der Waals surface area contributed by atoms with E-state index in [1.807, 2.05) is 36.4 Å². The molecule has 0 aliphatic carbocycles. The van der Waals surface area contributed by atoms with Gasteiger partial charge in [-0.1, -0.05) is 67.6 Å². The Kier molecular flexibility index (Phi) is 4.73. The summed E-state index contributed by atoms with van der Waals surface area (Å²) in [6, 6.07) is 20.6. The molecule has 0 aliphatic heterocycles. The Labute approximate surface area is 115 Å². The molecule has 0 spiro atoms. The van der Waals surface area contributed by atoms with Crippen molar-refractivity contribution in [1.82, 2.24) is 0 Å². The van der Waals surface area contributed by atoms with Crippen LogP contribution in [0.2, 0.25) is 0 Å². The van der Waals surface area contributed by atoms with Crippen molar-refractivity contribution in [2.75, 3.05) is 6.54 Å². The van der Waals surface area contributed by atoms with Gasteiger partial charge in [-0.05, 0) is 17.5 Å². The summed E-state index contributed by atoms with van der Waals surface area (Å²) in [5.41, 5.74) is 8.59. The van der Waals surface area contributed by atoms with Crippen molar-refractivity contribution in [2.45, 2.75) is 19.3 Å². The molecule has 0 radical (unpaired) electrons. The van der Waals surface area contributed by atoms with Crippen LogP contribution in [-0.4, -0.2) is 12.4 Å². The van der Waals surface area contributed by atoms with Gasteiger partial charge >= 0.3 is 0 Å². The van der Waals surface area contributed by atoms with E-state index in [4.69, 9.17) is 5.73 Å². The van der Waals surface area contributed by atoms with Crippen molar-refractivity contribution >= 4 is 5.84 Å². The Bertz CT molecular complexity index is 478. The Morgan fingerprint density at radius 3 is 1.84 bits per heavy atom. The zero-order valence-electron chi connectivity index (χ0n) is 11.3. The monoisotopic (exact) mass is 252 g/mol. The fourth-order valence-electron chi connectivity index (χ4n) is 2.16. The average molecular weight is 252 g/mol. The van der Waals surface area contributed by atoms with Gasteiger partial charge in [0.15, 0.2) is 0 Å². The zero-order chi connectivity index (χ0) is 13.5. The second-order valence-electron chi connectivity index (χ2n) is 4.56. The summed E-state index contributed by atoms with van der Waals surface area (Å²) < 4.78 is 0. The molecule has 2 rings (SSSR count). The maximum Gasteiger partial charge on any atom is 0.106 e. The molecule has 98 valence electrons. The molecule has 2 aromatic rings. The lowest BCUT2D eigenvalue weighted by atomic mass is 9.90. The molecule has 0 saturated carbocycles. The maximum atomic E-state index is 6.22. The van der Waals surface area contributed by atoms with Gasteiger partial charge in [0.05, 0.1) is 5.92 Å². The fourth-order valence-corrected chi connectivity index (χ4v) is 2.16. The van der Waals surface area contributed by atoms with Gasteiger partial charge in [0, 0.05) is 6.54 Å². The van der Waals surface area contributed by atoms with Crippen LogP contribution in [0.15, 0.2) is 65.7 Å². The van der Waals surface area contributed by atoms with Gasteiger partial charge in [0.2, 0.25) is 0 Å². The Balaban J connectivity index is 2.40. The van der Waals surface area contributed by atoms with Crippen molar-refractivity contribution in [2.24, 2.45) is 10.7 Å². The van der Waals surface area contributed by atoms with E-state index < -0.39 is 0 Å². The summed E-state index contributed by atoms with van der Waals surface area (Å²) in [5.74, 6) is 0.744. The Hall–Kier alpha value is -2.09. The van der Waals surface area contributed by atoms with Crippen molar-refractivity contribution in [3.8, 4) is 0 Å². The molecule has 19 heavy (non-hydrogen) atoms. The molecule has 0 aromatic heterocycles. The van der Waals surface area contributed by atoms with Crippen LogP contribution in [0.25, 0.3) is 0 Å². The number of benzene rings is 2. The lowest BCUT2D eigenvalue weighted by molar-refractivity contribution is 0.912. The molecule has 0 heterocycles. The number of nitrogens with zero attached hydrogens (tertiary/aromatic N) is 1. The predicted octanol–water partition coefficient (Wildman–Crippen LogP) is 3.59. The third kappa shape index (κ3) is 3.44. The quantitative estimate of drug-likeness (QED) is 0.641. The van der Waals surface area contributed by atoms with Crippen LogP contribution in [0, 0.1) is 0 Å². The number of nitrogens with two attached hydrogens (primary N) is 1. The van der Waals surface area contributed by atoms with Crippen molar-refractivity contribution in [1.29, 1.82) is 0 Å². The van der Waals surface area contributed by atoms with E-state index in [0.29, 0.717) is 5.84 Å². The first-order valence-electron chi connectivity index (χ1n) is 6.72. The fraction of sp³-hybridized carbons (Fsp3) is 0.235. The first-order chi connectivity index (χ1) is 9.33. The van der Waals surface area contributed by atoms with Gasteiger partial charge < -0.3 is 5.73 Å². The van der Waals surface area contributed by atoms with Crippen LogP contribution in [-0.2, 0) is 0 Å². The van der Waals surface area contributed by atoms with Crippen molar-refractivity contribution in [3.63, 3.8) is 0 Å². The Morgan fingerprint density at radius 2 is 1.42 bits per heavy atom. The summed E-state index contributed by atoms with van der Waals surface area (Å²) in [5, 5.41) is 0. The summed E-state index contributed by atoms with van der Waals surface area (Å²) in [6.07, 6.45) is 1.01. The van der Waals surface area contributed by atoms with Gasteiger partial charge in [-0.3, -0.25) is 4.99 Å². The molecule has 2 aromatic carbocycles. The van der Waals surface area contributed by atoms with Crippen LogP contribution >= 0.6 is 0 Å². The summed E-state index contributed by atoms with van der Waals surface area (Å²) in [4.78, 5) is 4.49. The van der Waals surface area contributed by atoms with E-state index in [-0.39, 0.29) is 5.92 Å². The number of aliphatic imine (C=N–C) groups is 1. The smallest absolute Gasteiger partial charge is 0.106 e. The molecule has 0 unspecified atom stereocenters. The third-order valence-corrected chi connectivity index (χ3v) is 3.08. The molecule has 0 atom stereocenters. The molecule has 0 amide bonds. The van der Waals surface area contributed by atoms with Gasteiger partial charge in [-0.15, -0.1) is 0 Å². The molecular weight excluding hydrogens is 232 g/mol. The molecular formula is C17H20N2. The summed E-state index contributed by atoms with van der Waals surface area (Å²) in [6.45, 7) is 2.89. The van der Waals surface area contributed by atoms with Crippen molar-refractivity contribution < 1.29 is 0 Å². The van der Waals surface area contributed by atoms with Crippen molar-refractivity contribution in [3.05, 3.63) is 71.8 Å². The zero-order valence-corrected chi connectivity index (χ0v) is 11.3. The lowest BCUT2D eigenvalue weighted by Gasteiger charge is -2.17. The highest BCUT2D eigenvalue weighted by Crippen LogP contribution is 2.24. The lowest BCUT2D eigenvalue weighted by Crippen LogP contribution is -2.23. The van der Waals surface area contributed by atoms with Crippen LogP contribution < -0.4 is 5.73 Å². The number of hydrogen-bond acceptors (Lipinski definition) is 1. The molecule has 0 fully saturated rings. The molecule has 0 bridgehead atoms. The first kappa shape index (κ1) is 13.3. The highest BCUT2D eigenvalue weighted by Gasteiger charge is 2.17. The number of rotatable bonds is 5. The minimum absolute atomic E-state index is 0.0500. The SMILES string of the molecule is CCCN=C(N)C(c1ccccc1)c1ccccc1. The number of amidine groups is 1. The Morgan fingerprint density at radius 1 is 0.947 bits per heavy atom. The number of hydrogen-bond donors (Lipinski definition) is 1. The molecule has 2 nitrogen and oxygen atoms in total. The minimum Gasteiger partial charge on any atom is -0.387 e. The van der Waals surface area contributed by atoms with Gasteiger partial charge in [-0.2, -0.15) is 0 Å². The van der Waals surface area contributed by atoms with Crippen LogP contribution in [0.5, 0.6) is 0 Å². The van der Waals surface area contributed by atoms with Gasteiger partial charge in [0.1, 0.15) is 5.84 Å². The van der Waals surface area contributed by atoms with E-state index in [0.717, 1.165) is 13.0 Å². The van der Waals surface area contributed by atoms with Gasteiger partial charge in [0.25, 0.3) is 0 Å². The topological polar surface area (TPSA) is 38.4 Å². The van der Waals surface area contributed by atoms with E-state index in [9.17, 15) is 0 Å². The second kappa shape index (κ2) is 6.74. The van der Waals surface area contributed by atoms with Crippen LogP contribution in [0.1, 0.15) is 30.4 Å². The van der Waals surface area contributed by atoms with E-state index in [1.165, 1.54) is 11.1 Å². The van der Waals surface area contributed by atoms with E-state index in [2.05, 4.69) is 36.2 Å². The summed E-state index contributed by atoms with van der Waals surface area (Å²) >= 11 is 0. The second-order valence-corrected chi connectivity index (χ2v) is 4.56. The highest BCUT2D eigenvalue weighted by atomic mass is 14.9. The third-order valence-electron chi connectivity index (χ3n) is 3.08. The van der Waals surface area contributed by atoms with Crippen LogP contribution in [0.3, 0.4) is 0 Å². The standard InChI is InChI=1S/C17H20N2/c1-2-13-19-17(18)16(14-9-5-3-6-10-14)15-11-7-4-8-12-15/h3-12,16H,2,13H2,1H3,(H2,18,19).